The average molecular weight is 130 g/mol. The lowest BCUT2D eigenvalue weighted by atomic mass is 10.2. The summed E-state index contributed by atoms with van der Waals surface area (Å²) in [5, 5.41) is 1.82. The van der Waals surface area contributed by atoms with Crippen LogP contribution in [0.3, 0.4) is 0 Å². The zero-order valence-corrected chi connectivity index (χ0v) is 5.84. The van der Waals surface area contributed by atoms with Gasteiger partial charge in [0.25, 0.3) is 0 Å². The summed E-state index contributed by atoms with van der Waals surface area (Å²) in [6, 6.07) is 0. The molecule has 3 heteroatoms. The maximum Gasteiger partial charge on any atom is 0.0714 e. The molecular formula is C6H14N2O. The molecule has 0 saturated carbocycles. The summed E-state index contributed by atoms with van der Waals surface area (Å²) in [6.45, 7) is 4.66. The molecule has 54 valence electrons. The summed E-state index contributed by atoms with van der Waals surface area (Å²) < 4.78 is 5.38. The number of nitrogens with two attached hydrogens (primary N) is 1. The second-order valence-electron chi connectivity index (χ2n) is 2.40. The third kappa shape index (κ3) is 1.93. The summed E-state index contributed by atoms with van der Waals surface area (Å²) in [6.07, 6.45) is 1.43. The molecule has 0 amide bonds. The third-order valence-electron chi connectivity index (χ3n) is 1.63. The molecule has 1 rings (SSSR count). The molecule has 0 unspecified atom stereocenters. The van der Waals surface area contributed by atoms with Gasteiger partial charge in [0.15, 0.2) is 0 Å². The quantitative estimate of drug-likeness (QED) is 0.507. The molecule has 2 N–H and O–H groups in total. The first kappa shape index (κ1) is 6.99. The molecule has 0 spiro atoms. The van der Waals surface area contributed by atoms with Gasteiger partial charge in [-0.15, -0.1) is 0 Å². The zero-order valence-electron chi connectivity index (χ0n) is 5.84. The largest absolute Gasteiger partial charge is 0.375 e. The number of nitrogens with zero attached hydrogens (tertiary/aromatic N) is 1. The van der Waals surface area contributed by atoms with Gasteiger partial charge < -0.3 is 4.74 Å². The molecule has 0 radical (unpaired) electrons. The number of hydrogen-bond donors (Lipinski definition) is 1. The Morgan fingerprint density at radius 3 is 3.00 bits per heavy atom. The van der Waals surface area contributed by atoms with Crippen LogP contribution >= 0.6 is 0 Å². The van der Waals surface area contributed by atoms with Gasteiger partial charge in [0.2, 0.25) is 0 Å². The van der Waals surface area contributed by atoms with E-state index in [1.54, 1.807) is 0 Å². The summed E-state index contributed by atoms with van der Waals surface area (Å²) in [5.74, 6) is 5.55. The summed E-state index contributed by atoms with van der Waals surface area (Å²) in [5.41, 5.74) is 0. The summed E-state index contributed by atoms with van der Waals surface area (Å²) in [4.78, 5) is 0. The van der Waals surface area contributed by atoms with Gasteiger partial charge in [0.05, 0.1) is 12.7 Å². The highest BCUT2D eigenvalue weighted by molar-refractivity contribution is 4.64. The van der Waals surface area contributed by atoms with E-state index in [4.69, 9.17) is 10.6 Å². The number of morpholine rings is 1. The lowest BCUT2D eigenvalue weighted by Gasteiger charge is -2.28. The van der Waals surface area contributed by atoms with E-state index < -0.39 is 0 Å². The number of rotatable bonds is 1. The molecule has 0 bridgehead atoms. The lowest BCUT2D eigenvalue weighted by Crippen LogP contribution is -2.45. The van der Waals surface area contributed by atoms with E-state index in [9.17, 15) is 0 Å². The normalized spacial score (nSPS) is 30.7. The Hall–Kier alpha value is -0.120. The fourth-order valence-electron chi connectivity index (χ4n) is 0.989. The topological polar surface area (TPSA) is 38.5 Å². The van der Waals surface area contributed by atoms with E-state index in [2.05, 4.69) is 6.92 Å². The molecule has 1 aliphatic rings. The maximum absolute atomic E-state index is 5.55. The maximum atomic E-state index is 5.55. The molecule has 1 fully saturated rings. The van der Waals surface area contributed by atoms with Crippen molar-refractivity contribution in [3.63, 3.8) is 0 Å². The molecule has 1 atom stereocenters. The second-order valence-corrected chi connectivity index (χ2v) is 2.40. The van der Waals surface area contributed by atoms with Crippen LogP contribution in [0.4, 0.5) is 0 Å². The highest BCUT2D eigenvalue weighted by atomic mass is 16.5. The summed E-state index contributed by atoms with van der Waals surface area (Å²) >= 11 is 0. The van der Waals surface area contributed by atoms with Gasteiger partial charge in [-0.2, -0.15) is 0 Å². The van der Waals surface area contributed by atoms with Gasteiger partial charge in [0.1, 0.15) is 0 Å². The highest BCUT2D eigenvalue weighted by Gasteiger charge is 2.15. The van der Waals surface area contributed by atoms with E-state index in [1.807, 2.05) is 5.01 Å². The molecule has 9 heavy (non-hydrogen) atoms. The monoisotopic (exact) mass is 130 g/mol. The van der Waals surface area contributed by atoms with Crippen molar-refractivity contribution in [3.8, 4) is 0 Å². The first-order valence-electron chi connectivity index (χ1n) is 3.44. The van der Waals surface area contributed by atoms with E-state index in [1.165, 1.54) is 0 Å². The molecule has 0 aromatic carbocycles. The van der Waals surface area contributed by atoms with Crippen LogP contribution in [0.1, 0.15) is 13.3 Å². The van der Waals surface area contributed by atoms with Crippen LogP contribution in [0.15, 0.2) is 0 Å². The van der Waals surface area contributed by atoms with E-state index in [0.29, 0.717) is 6.10 Å². The van der Waals surface area contributed by atoms with Crippen LogP contribution in [-0.4, -0.2) is 30.8 Å². The van der Waals surface area contributed by atoms with Crippen molar-refractivity contribution in [1.29, 1.82) is 0 Å². The van der Waals surface area contributed by atoms with Gasteiger partial charge in [-0.1, -0.05) is 6.92 Å². The van der Waals surface area contributed by atoms with Crippen molar-refractivity contribution in [3.05, 3.63) is 0 Å². The number of hydrazine groups is 1. The van der Waals surface area contributed by atoms with Gasteiger partial charge in [-0.3, -0.25) is 5.84 Å². The van der Waals surface area contributed by atoms with Gasteiger partial charge in [0, 0.05) is 13.1 Å². The third-order valence-corrected chi connectivity index (χ3v) is 1.63. The van der Waals surface area contributed by atoms with E-state index >= 15 is 0 Å². The van der Waals surface area contributed by atoms with Crippen molar-refractivity contribution < 1.29 is 4.74 Å². The van der Waals surface area contributed by atoms with Gasteiger partial charge in [-0.05, 0) is 6.42 Å². The minimum atomic E-state index is 0.365. The predicted molar refractivity (Wildman–Crippen MR) is 35.8 cm³/mol. The van der Waals surface area contributed by atoms with Crippen molar-refractivity contribution in [2.75, 3.05) is 19.7 Å². The standard InChI is InChI=1S/C6H14N2O/c1-2-6-5-8(7)3-4-9-6/h6H,2-5,7H2,1H3/t6-/m1/s1. The van der Waals surface area contributed by atoms with Crippen LogP contribution in [0.25, 0.3) is 0 Å². The van der Waals surface area contributed by atoms with Crippen molar-refractivity contribution >= 4 is 0 Å². The minimum absolute atomic E-state index is 0.365. The molecule has 1 aliphatic heterocycles. The zero-order chi connectivity index (χ0) is 6.69. The molecule has 1 saturated heterocycles. The number of ether oxygens (including phenoxy) is 1. The minimum Gasteiger partial charge on any atom is -0.375 e. The second kappa shape index (κ2) is 3.15. The Morgan fingerprint density at radius 2 is 2.56 bits per heavy atom. The van der Waals surface area contributed by atoms with Crippen LogP contribution in [0.5, 0.6) is 0 Å². The Balaban J connectivity index is 2.23. The molecule has 0 aromatic rings. The molecule has 0 aromatic heterocycles. The van der Waals surface area contributed by atoms with E-state index in [-0.39, 0.29) is 0 Å². The lowest BCUT2D eigenvalue weighted by molar-refractivity contribution is -0.0300. The average Bonchev–Trinajstić information content (AvgIpc) is 1.88. The molecule has 0 aliphatic carbocycles. The van der Waals surface area contributed by atoms with Crippen LogP contribution in [0, 0.1) is 0 Å². The Labute approximate surface area is 55.7 Å². The first-order chi connectivity index (χ1) is 4.33. The Bertz CT molecular complexity index is 87.1. The number of hydrogen-bond acceptors (Lipinski definition) is 3. The molecule has 1 heterocycles. The SMILES string of the molecule is CC[C@@H]1CN(N)CCO1. The smallest absolute Gasteiger partial charge is 0.0714 e. The Morgan fingerprint density at radius 1 is 1.78 bits per heavy atom. The van der Waals surface area contributed by atoms with Crippen molar-refractivity contribution in [2.24, 2.45) is 5.84 Å². The summed E-state index contributed by atoms with van der Waals surface area (Å²) in [7, 11) is 0. The van der Waals surface area contributed by atoms with Crippen molar-refractivity contribution in [2.45, 2.75) is 19.4 Å². The molecular weight excluding hydrogens is 116 g/mol. The van der Waals surface area contributed by atoms with Crippen molar-refractivity contribution in [1.82, 2.24) is 5.01 Å². The van der Waals surface area contributed by atoms with Crippen LogP contribution in [-0.2, 0) is 4.74 Å². The molecule has 3 nitrogen and oxygen atoms in total. The van der Waals surface area contributed by atoms with Crippen LogP contribution in [0.2, 0.25) is 0 Å². The van der Waals surface area contributed by atoms with Crippen LogP contribution < -0.4 is 5.84 Å². The van der Waals surface area contributed by atoms with Gasteiger partial charge >= 0.3 is 0 Å². The Kier molecular flexibility index (Phi) is 2.45. The fraction of sp³-hybridized carbons (Fsp3) is 1.00. The fourth-order valence-corrected chi connectivity index (χ4v) is 0.989. The van der Waals surface area contributed by atoms with E-state index in [0.717, 1.165) is 26.1 Å². The first-order valence-corrected chi connectivity index (χ1v) is 3.44. The van der Waals surface area contributed by atoms with Gasteiger partial charge in [-0.25, -0.2) is 5.01 Å². The highest BCUT2D eigenvalue weighted by Crippen LogP contribution is 2.03. The predicted octanol–water partition coefficient (Wildman–Crippen LogP) is -0.0291.